The molecule has 0 bridgehead atoms. The highest BCUT2D eigenvalue weighted by Gasteiger charge is 2.20. The lowest BCUT2D eigenvalue weighted by Crippen LogP contribution is -2.45. The molecule has 0 aliphatic carbocycles. The van der Waals surface area contributed by atoms with Crippen LogP contribution in [0.25, 0.3) is 0 Å². The van der Waals surface area contributed by atoms with Gasteiger partial charge in [-0.25, -0.2) is 0 Å². The minimum absolute atomic E-state index is 0.0191. The molecule has 0 saturated carbocycles. The van der Waals surface area contributed by atoms with Gasteiger partial charge in [0, 0.05) is 39.8 Å². The van der Waals surface area contributed by atoms with E-state index in [2.05, 4.69) is 38.7 Å². The van der Waals surface area contributed by atoms with E-state index >= 15 is 0 Å². The van der Waals surface area contributed by atoms with E-state index in [9.17, 15) is 4.79 Å². The van der Waals surface area contributed by atoms with Gasteiger partial charge in [0.15, 0.2) is 0 Å². The average molecular weight is 367 g/mol. The molecule has 146 valence electrons. The predicted octanol–water partition coefficient (Wildman–Crippen LogP) is -0.650. The summed E-state index contributed by atoms with van der Waals surface area (Å²) in [5.74, 6) is 0.450. The van der Waals surface area contributed by atoms with Gasteiger partial charge in [0.1, 0.15) is 6.61 Å². The smallest absolute Gasteiger partial charge is 0.323 e. The standard InChI is InChI=1S/C16H29N7O3/c1-4-9-25-10-11-26-16-19-14(22(3)12-13(17)24)18-15(20-16)23-7-5-21(2)6-8-23/h4-12H2,1-3H3,(H2,17,24). The lowest BCUT2D eigenvalue weighted by Gasteiger charge is -2.32. The van der Waals surface area contributed by atoms with Crippen molar-refractivity contribution in [1.29, 1.82) is 0 Å². The summed E-state index contributed by atoms with van der Waals surface area (Å²) in [4.78, 5) is 30.3. The van der Waals surface area contributed by atoms with Crippen LogP contribution in [-0.4, -0.2) is 92.4 Å². The molecule has 1 saturated heterocycles. The van der Waals surface area contributed by atoms with Gasteiger partial charge in [-0.1, -0.05) is 6.92 Å². The van der Waals surface area contributed by atoms with Crippen molar-refractivity contribution in [2.24, 2.45) is 5.73 Å². The topological polar surface area (TPSA) is 110 Å². The molecule has 2 N–H and O–H groups in total. The molecule has 26 heavy (non-hydrogen) atoms. The second-order valence-electron chi connectivity index (χ2n) is 6.29. The minimum Gasteiger partial charge on any atom is -0.461 e. The molecule has 0 unspecified atom stereocenters. The highest BCUT2D eigenvalue weighted by Crippen LogP contribution is 2.18. The van der Waals surface area contributed by atoms with Crippen LogP contribution in [0, 0.1) is 0 Å². The van der Waals surface area contributed by atoms with E-state index in [1.54, 1.807) is 11.9 Å². The van der Waals surface area contributed by atoms with Crippen LogP contribution in [0.1, 0.15) is 13.3 Å². The van der Waals surface area contributed by atoms with Crippen molar-refractivity contribution >= 4 is 17.8 Å². The first-order valence-electron chi connectivity index (χ1n) is 8.89. The van der Waals surface area contributed by atoms with Crippen molar-refractivity contribution in [3.63, 3.8) is 0 Å². The van der Waals surface area contributed by atoms with E-state index in [-0.39, 0.29) is 12.6 Å². The molecule has 0 spiro atoms. The third-order valence-corrected chi connectivity index (χ3v) is 3.92. The quantitative estimate of drug-likeness (QED) is 0.539. The minimum atomic E-state index is -0.454. The van der Waals surface area contributed by atoms with Gasteiger partial charge in [-0.3, -0.25) is 4.79 Å². The van der Waals surface area contributed by atoms with Gasteiger partial charge in [-0.15, -0.1) is 0 Å². The molecule has 1 amide bonds. The van der Waals surface area contributed by atoms with E-state index in [0.29, 0.717) is 31.7 Å². The van der Waals surface area contributed by atoms with Crippen molar-refractivity contribution in [1.82, 2.24) is 19.9 Å². The van der Waals surface area contributed by atoms with E-state index in [1.165, 1.54) is 0 Å². The van der Waals surface area contributed by atoms with Crippen molar-refractivity contribution in [3.8, 4) is 6.01 Å². The summed E-state index contributed by atoms with van der Waals surface area (Å²) in [6.45, 7) is 7.08. The van der Waals surface area contributed by atoms with Crippen molar-refractivity contribution in [2.45, 2.75) is 13.3 Å². The Morgan fingerprint density at radius 2 is 1.88 bits per heavy atom. The van der Waals surface area contributed by atoms with Gasteiger partial charge < -0.3 is 29.9 Å². The van der Waals surface area contributed by atoms with Crippen LogP contribution in [0.3, 0.4) is 0 Å². The first-order chi connectivity index (χ1) is 12.5. The Bertz CT molecular complexity index is 579. The molecular weight excluding hydrogens is 338 g/mol. The maximum atomic E-state index is 11.2. The van der Waals surface area contributed by atoms with Gasteiger partial charge in [0.05, 0.1) is 13.2 Å². The van der Waals surface area contributed by atoms with E-state index in [1.807, 2.05) is 0 Å². The molecule has 1 aromatic heterocycles. The second-order valence-corrected chi connectivity index (χ2v) is 6.29. The van der Waals surface area contributed by atoms with Gasteiger partial charge in [-0.2, -0.15) is 15.0 Å². The number of anilines is 2. The van der Waals surface area contributed by atoms with Crippen molar-refractivity contribution in [3.05, 3.63) is 0 Å². The number of amides is 1. The van der Waals surface area contributed by atoms with Gasteiger partial charge in [-0.05, 0) is 13.5 Å². The highest BCUT2D eigenvalue weighted by atomic mass is 16.5. The second kappa shape index (κ2) is 10.1. The molecule has 10 heteroatoms. The Kier molecular flexibility index (Phi) is 7.79. The fraction of sp³-hybridized carbons (Fsp3) is 0.750. The Hall–Kier alpha value is -2.20. The van der Waals surface area contributed by atoms with Crippen molar-refractivity contribution in [2.75, 3.05) is 76.4 Å². The number of hydrogen-bond donors (Lipinski definition) is 1. The first kappa shape index (κ1) is 20.1. The maximum absolute atomic E-state index is 11.2. The molecule has 2 rings (SSSR count). The fourth-order valence-corrected chi connectivity index (χ4v) is 2.46. The molecule has 1 aliphatic rings. The van der Waals surface area contributed by atoms with E-state index in [4.69, 9.17) is 15.2 Å². The van der Waals surface area contributed by atoms with Crippen LogP contribution in [0.2, 0.25) is 0 Å². The molecule has 2 heterocycles. The summed E-state index contributed by atoms with van der Waals surface area (Å²) in [5.41, 5.74) is 5.28. The Labute approximate surface area is 154 Å². The van der Waals surface area contributed by atoms with Crippen LogP contribution in [0.4, 0.5) is 11.9 Å². The fourth-order valence-electron chi connectivity index (χ4n) is 2.46. The zero-order valence-corrected chi connectivity index (χ0v) is 15.8. The predicted molar refractivity (Wildman–Crippen MR) is 98.6 cm³/mol. The summed E-state index contributed by atoms with van der Waals surface area (Å²) in [7, 11) is 3.80. The van der Waals surface area contributed by atoms with Gasteiger partial charge >= 0.3 is 6.01 Å². The third kappa shape index (κ3) is 6.26. The molecular formula is C16H29N7O3. The number of rotatable bonds is 10. The number of likely N-dealkylation sites (N-methyl/N-ethyl adjacent to an activating group) is 2. The lowest BCUT2D eigenvalue weighted by atomic mass is 10.3. The van der Waals surface area contributed by atoms with Gasteiger partial charge in [0.2, 0.25) is 17.8 Å². The zero-order valence-electron chi connectivity index (χ0n) is 15.8. The zero-order chi connectivity index (χ0) is 18.9. The monoisotopic (exact) mass is 367 g/mol. The van der Waals surface area contributed by atoms with E-state index < -0.39 is 5.91 Å². The number of nitrogens with zero attached hydrogens (tertiary/aromatic N) is 6. The number of hydrogen-bond acceptors (Lipinski definition) is 9. The van der Waals surface area contributed by atoms with E-state index in [0.717, 1.165) is 32.6 Å². The summed E-state index contributed by atoms with van der Waals surface area (Å²) in [6, 6.07) is 0.223. The highest BCUT2D eigenvalue weighted by molar-refractivity contribution is 5.78. The van der Waals surface area contributed by atoms with Crippen LogP contribution in [0.15, 0.2) is 0 Å². The van der Waals surface area contributed by atoms with Crippen LogP contribution in [-0.2, 0) is 9.53 Å². The number of piperazine rings is 1. The number of carbonyl (C=O) groups is 1. The lowest BCUT2D eigenvalue weighted by molar-refractivity contribution is -0.116. The Balaban J connectivity index is 2.11. The Morgan fingerprint density at radius 1 is 1.15 bits per heavy atom. The SMILES string of the molecule is CCCOCCOc1nc(N(C)CC(N)=O)nc(N2CCN(C)CC2)n1. The number of nitrogens with two attached hydrogens (primary N) is 1. The third-order valence-electron chi connectivity index (χ3n) is 3.92. The molecule has 0 radical (unpaired) electrons. The normalized spacial score (nSPS) is 15.1. The van der Waals surface area contributed by atoms with Crippen LogP contribution in [0.5, 0.6) is 6.01 Å². The summed E-state index contributed by atoms with van der Waals surface area (Å²) in [6.07, 6.45) is 0.960. The van der Waals surface area contributed by atoms with Crippen LogP contribution < -0.4 is 20.3 Å². The number of carbonyl (C=O) groups excluding carboxylic acids is 1. The molecule has 0 aromatic carbocycles. The summed E-state index contributed by atoms with van der Waals surface area (Å²) < 4.78 is 11.0. The average Bonchev–Trinajstić information content (AvgIpc) is 2.61. The number of aromatic nitrogens is 3. The van der Waals surface area contributed by atoms with Gasteiger partial charge in [0.25, 0.3) is 0 Å². The summed E-state index contributed by atoms with van der Waals surface area (Å²) >= 11 is 0. The largest absolute Gasteiger partial charge is 0.461 e. The number of ether oxygens (including phenoxy) is 2. The van der Waals surface area contributed by atoms with Crippen molar-refractivity contribution < 1.29 is 14.3 Å². The molecule has 1 fully saturated rings. The first-order valence-corrected chi connectivity index (χ1v) is 8.89. The number of primary amides is 1. The Morgan fingerprint density at radius 3 is 2.54 bits per heavy atom. The molecule has 1 aliphatic heterocycles. The van der Waals surface area contributed by atoms with Crippen LogP contribution >= 0.6 is 0 Å². The molecule has 10 nitrogen and oxygen atoms in total. The molecule has 1 aromatic rings. The summed E-state index contributed by atoms with van der Waals surface area (Å²) in [5, 5.41) is 0. The maximum Gasteiger partial charge on any atom is 0.323 e. The molecule has 0 atom stereocenters.